The lowest BCUT2D eigenvalue weighted by Gasteiger charge is -2.25. The Morgan fingerprint density at radius 2 is 1.04 bits per heavy atom. The van der Waals surface area contributed by atoms with Crippen molar-refractivity contribution in [2.75, 3.05) is 73.2 Å². The van der Waals surface area contributed by atoms with Crippen LogP contribution in [0.1, 0.15) is 27.7 Å². The van der Waals surface area contributed by atoms with Gasteiger partial charge in [0.1, 0.15) is 32.7 Å². The molecule has 3 aromatic heterocycles. The first kappa shape index (κ1) is 52.2. The molecule has 0 fully saturated rings. The predicted molar refractivity (Wildman–Crippen MR) is 275 cm³/mol. The molecule has 0 radical (unpaired) electrons. The number of anilines is 6. The van der Waals surface area contributed by atoms with Crippen molar-refractivity contribution >= 4 is 155 Å². The Labute approximate surface area is 423 Å². The Kier molecular flexibility index (Phi) is 16.6. The van der Waals surface area contributed by atoms with Crippen molar-refractivity contribution in [3.8, 4) is 11.5 Å². The van der Waals surface area contributed by atoms with Crippen LogP contribution in [0, 0.1) is 0 Å². The monoisotopic (exact) mass is 1090 g/mol. The quantitative estimate of drug-likeness (QED) is 0.0254. The highest BCUT2D eigenvalue weighted by molar-refractivity contribution is 7.99. The van der Waals surface area contributed by atoms with E-state index in [0.717, 1.165) is 46.2 Å². The number of thiazole rings is 2. The van der Waals surface area contributed by atoms with E-state index in [1.807, 2.05) is 39.8 Å². The number of aromatic nitrogens is 5. The number of hydrogen-bond donors (Lipinski definition) is 5. The van der Waals surface area contributed by atoms with Gasteiger partial charge < -0.3 is 35.0 Å². The van der Waals surface area contributed by atoms with Crippen LogP contribution in [0.4, 0.5) is 56.3 Å². The van der Waals surface area contributed by atoms with Crippen molar-refractivity contribution < 1.29 is 40.5 Å². The van der Waals surface area contributed by atoms with Crippen LogP contribution in [0.3, 0.4) is 0 Å². The van der Waals surface area contributed by atoms with Gasteiger partial charge in [-0.25, -0.2) is 9.97 Å². The van der Waals surface area contributed by atoms with Gasteiger partial charge in [0.05, 0.1) is 74.1 Å². The van der Waals surface area contributed by atoms with Crippen molar-refractivity contribution in [3.05, 3.63) is 58.6 Å². The molecule has 4 aromatic carbocycles. The Morgan fingerprint density at radius 1 is 0.629 bits per heavy atom. The summed E-state index contributed by atoms with van der Waals surface area (Å²) in [4.78, 5) is 26.1. The van der Waals surface area contributed by atoms with Crippen LogP contribution in [0.2, 0.25) is 10.0 Å². The van der Waals surface area contributed by atoms with Crippen molar-refractivity contribution in [1.82, 2.24) is 24.9 Å². The van der Waals surface area contributed by atoms with Crippen LogP contribution in [-0.4, -0.2) is 109 Å². The maximum Gasteiger partial charge on any atom is 0.296 e. The summed E-state index contributed by atoms with van der Waals surface area (Å²) in [5.74, 6) is 1.35. The van der Waals surface area contributed by atoms with Gasteiger partial charge in [0.2, 0.25) is 22.2 Å². The average molecular weight is 1090 g/mol. The number of hydrogen-bond acceptors (Lipinski definition) is 23. The molecule has 70 heavy (non-hydrogen) atoms. The molecule has 0 amide bonds. The molecule has 0 aliphatic rings. The maximum absolute atomic E-state index is 11.9. The minimum Gasteiger partial charge on any atom is -0.494 e. The second-order valence-electron chi connectivity index (χ2n) is 14.4. The van der Waals surface area contributed by atoms with Crippen molar-refractivity contribution in [3.63, 3.8) is 0 Å². The molecule has 22 nitrogen and oxygen atoms in total. The predicted octanol–water partition coefficient (Wildman–Crippen LogP) is 11.0. The number of rotatable bonds is 21. The third-order valence-electron chi connectivity index (χ3n) is 10.1. The Hall–Kier alpha value is -5.62. The molecule has 0 bridgehead atoms. The van der Waals surface area contributed by atoms with Gasteiger partial charge in [-0.05, 0) is 64.1 Å². The highest BCUT2D eigenvalue weighted by atomic mass is 35.5. The third kappa shape index (κ3) is 11.9. The second-order valence-corrected chi connectivity index (χ2v) is 21.0. The van der Waals surface area contributed by atoms with Gasteiger partial charge in [-0.1, -0.05) is 57.6 Å². The number of benzene rings is 4. The molecule has 3 heterocycles. The van der Waals surface area contributed by atoms with Crippen LogP contribution in [0.15, 0.2) is 83.9 Å². The molecule has 0 saturated carbocycles. The SMILES string of the molecule is CCN(CC)c1cc(Nc2nc(Nc3cc(N(CC)CC)c(OC)cc3N=Nc3nc4cc(S(=O)(=O)O)c(Cl)cc4s3)nc(SCCO)n2)c(N=Nc2nc3cc(S(=O)(=O)O)c(Cl)cc3s2)cc1OC. The third-order valence-corrected chi connectivity index (χ3v) is 15.4. The van der Waals surface area contributed by atoms with Crippen LogP contribution in [-0.2, 0) is 20.2 Å². The zero-order valence-corrected chi connectivity index (χ0v) is 43.5. The maximum atomic E-state index is 11.9. The number of methoxy groups -OCH3 is 2. The van der Waals surface area contributed by atoms with E-state index < -0.39 is 30.0 Å². The first-order valence-corrected chi connectivity index (χ1v) is 27.1. The van der Waals surface area contributed by atoms with Crippen molar-refractivity contribution in [2.24, 2.45) is 20.5 Å². The number of nitrogens with zero attached hydrogens (tertiary/aromatic N) is 11. The molecule has 370 valence electrons. The number of aliphatic hydroxyl groups is 1. The first-order valence-electron chi connectivity index (χ1n) is 20.9. The van der Waals surface area contributed by atoms with Crippen LogP contribution >= 0.6 is 57.6 Å². The molecule has 0 aliphatic heterocycles. The molecule has 0 spiro atoms. The normalized spacial score (nSPS) is 12.2. The summed E-state index contributed by atoms with van der Waals surface area (Å²) in [6.45, 7) is 10.4. The van der Waals surface area contributed by atoms with E-state index in [1.54, 1.807) is 12.1 Å². The summed E-state index contributed by atoms with van der Waals surface area (Å²) in [5.41, 5.74) is 3.23. The largest absolute Gasteiger partial charge is 0.494 e. The van der Waals surface area contributed by atoms with Crippen molar-refractivity contribution in [1.29, 1.82) is 0 Å². The van der Waals surface area contributed by atoms with Crippen LogP contribution in [0.5, 0.6) is 11.5 Å². The summed E-state index contributed by atoms with van der Waals surface area (Å²) in [7, 11) is -6.17. The van der Waals surface area contributed by atoms with Gasteiger partial charge in [0, 0.05) is 44.1 Å². The molecule has 0 atom stereocenters. The Morgan fingerprint density at radius 3 is 1.40 bits per heavy atom. The number of aliphatic hydroxyl groups excluding tert-OH is 1. The van der Waals surface area contributed by atoms with Gasteiger partial charge in [-0.3, -0.25) is 9.11 Å². The fraction of sp³-hybridized carbons (Fsp3) is 0.293. The lowest BCUT2D eigenvalue weighted by Crippen LogP contribution is -2.22. The highest BCUT2D eigenvalue weighted by Gasteiger charge is 2.22. The lowest BCUT2D eigenvalue weighted by atomic mass is 10.2. The van der Waals surface area contributed by atoms with Crippen molar-refractivity contribution in [2.45, 2.75) is 42.6 Å². The molecule has 0 unspecified atom stereocenters. The molecule has 7 aromatic rings. The number of fused-ring (bicyclic) bond motifs is 2. The minimum atomic E-state index is -4.62. The number of azo groups is 2. The lowest BCUT2D eigenvalue weighted by molar-refractivity contribution is 0.322. The molecule has 5 N–H and O–H groups in total. The minimum absolute atomic E-state index is 0.0653. The van der Waals surface area contributed by atoms with E-state index in [2.05, 4.69) is 60.8 Å². The van der Waals surface area contributed by atoms with Gasteiger partial charge in [-0.2, -0.15) is 31.8 Å². The highest BCUT2D eigenvalue weighted by Crippen LogP contribution is 2.44. The number of nitrogens with one attached hydrogen (secondary N) is 2. The van der Waals surface area contributed by atoms with Crippen LogP contribution < -0.4 is 29.9 Å². The summed E-state index contributed by atoms with van der Waals surface area (Å²) in [6, 6.07) is 12.0. The van der Waals surface area contributed by atoms with Crippen LogP contribution in [0.25, 0.3) is 20.4 Å². The standard InChI is InChI=1S/C41H43Cl2N13O9S5/c1-7-55(8-2)29-15-23(25(17-31(29)64-5)51-53-40-46-27-19-35(69(58,59)60)21(42)13-33(27)67-40)44-37-48-38(50-39(49-37)66-12-11-57)45-24-16-30(56(9-3)10-4)32(65-6)18-26(24)52-54-41-47-28-20-36(70(61,62)63)22(43)14-34(28)68-41/h13-20,57H,7-12H2,1-6H3,(H,58,59,60)(H,61,62,63)(H2,44,45,48,49,50). The summed E-state index contributed by atoms with van der Waals surface area (Å²) < 4.78 is 79.6. The Bertz CT molecular complexity index is 3160. The van der Waals surface area contributed by atoms with E-state index >= 15 is 0 Å². The smallest absolute Gasteiger partial charge is 0.296 e. The molecule has 7 rings (SSSR count). The van der Waals surface area contributed by atoms with E-state index in [9.17, 15) is 31.0 Å². The van der Waals surface area contributed by atoms with E-state index in [0.29, 0.717) is 58.5 Å². The fourth-order valence-electron chi connectivity index (χ4n) is 6.85. The Balaban J connectivity index is 1.32. The second kappa shape index (κ2) is 22.2. The first-order chi connectivity index (χ1) is 33.4. The summed E-state index contributed by atoms with van der Waals surface area (Å²) in [5, 5.41) is 34.4. The van der Waals surface area contributed by atoms with E-state index in [4.69, 9.17) is 37.7 Å². The van der Waals surface area contributed by atoms with Gasteiger partial charge in [-0.15, -0.1) is 20.5 Å². The molecule has 0 saturated heterocycles. The van der Waals surface area contributed by atoms with Gasteiger partial charge in [0.15, 0.2) is 5.16 Å². The van der Waals surface area contributed by atoms with E-state index in [1.165, 1.54) is 38.1 Å². The number of ether oxygens (including phenoxy) is 2. The van der Waals surface area contributed by atoms with Gasteiger partial charge in [0.25, 0.3) is 20.2 Å². The molecule has 29 heteroatoms. The molecule has 0 aliphatic carbocycles. The topological polar surface area (TPSA) is 292 Å². The summed E-state index contributed by atoms with van der Waals surface area (Å²) in [6.07, 6.45) is 0. The summed E-state index contributed by atoms with van der Waals surface area (Å²) >= 11 is 15.7. The van der Waals surface area contributed by atoms with Gasteiger partial charge >= 0.3 is 0 Å². The zero-order valence-electron chi connectivity index (χ0n) is 37.9. The zero-order chi connectivity index (χ0) is 50.5. The van der Waals surface area contributed by atoms with E-state index in [-0.39, 0.29) is 72.1 Å². The molecular weight excluding hydrogens is 1050 g/mol. The number of thioether (sulfide) groups is 1. The molecular formula is C41H43Cl2N13O9S5. The fourth-order valence-corrected chi connectivity index (χ4v) is 11.2. The average Bonchev–Trinajstić information content (AvgIpc) is 3.92. The number of halogens is 2.